The highest BCUT2D eigenvalue weighted by atomic mass is 15.2. The number of nitrogens with zero attached hydrogens (tertiary/aromatic N) is 4. The van der Waals surface area contributed by atoms with Crippen molar-refractivity contribution in [2.75, 3.05) is 39.5 Å². The van der Waals surface area contributed by atoms with Gasteiger partial charge in [-0.05, 0) is 78.1 Å². The molecule has 2 heterocycles. The van der Waals surface area contributed by atoms with Gasteiger partial charge in [0.15, 0.2) is 0 Å². The van der Waals surface area contributed by atoms with Crippen LogP contribution >= 0.6 is 0 Å². The maximum absolute atomic E-state index is 5.64. The van der Waals surface area contributed by atoms with Gasteiger partial charge in [-0.3, -0.25) is 0 Å². The summed E-state index contributed by atoms with van der Waals surface area (Å²) in [6.45, 7) is 12.0. The average Bonchev–Trinajstić information content (AvgIpc) is 2.65. The number of aryl methyl sites for hydroxylation is 1. The number of nitrogen functional groups attached to an aromatic ring is 1. The second kappa shape index (κ2) is 11.8. The van der Waals surface area contributed by atoms with Gasteiger partial charge in [-0.1, -0.05) is 20.8 Å². The predicted octanol–water partition coefficient (Wildman–Crippen LogP) is 3.97. The zero-order valence-corrected chi connectivity index (χ0v) is 17.5. The lowest BCUT2D eigenvalue weighted by Gasteiger charge is -2.34. The van der Waals surface area contributed by atoms with Crippen LogP contribution in [0.15, 0.2) is 24.5 Å². The third-order valence-electron chi connectivity index (χ3n) is 4.75. The zero-order valence-electron chi connectivity index (χ0n) is 17.5. The van der Waals surface area contributed by atoms with E-state index in [1.165, 1.54) is 38.9 Å². The minimum atomic E-state index is 0.750. The molecule has 0 bridgehead atoms. The highest BCUT2D eigenvalue weighted by Gasteiger charge is 2.19. The molecule has 5 heteroatoms. The Balaban J connectivity index is 0.000000238. The molecule has 1 fully saturated rings. The van der Waals surface area contributed by atoms with E-state index in [9.17, 15) is 0 Å². The molecule has 2 N–H and O–H groups in total. The van der Waals surface area contributed by atoms with E-state index in [0.29, 0.717) is 0 Å². The van der Waals surface area contributed by atoms with Crippen LogP contribution in [-0.2, 0) is 0 Å². The number of nitrogens with two attached hydrogens (primary N) is 1. The lowest BCUT2D eigenvalue weighted by molar-refractivity contribution is 0.144. The molecule has 5 nitrogen and oxygen atoms in total. The zero-order chi connectivity index (χ0) is 19.5. The Labute approximate surface area is 159 Å². The summed E-state index contributed by atoms with van der Waals surface area (Å²) in [6.07, 6.45) is 5.55. The van der Waals surface area contributed by atoms with Gasteiger partial charge in [-0.2, -0.15) is 0 Å². The molecule has 1 aliphatic heterocycles. The lowest BCUT2D eigenvalue weighted by atomic mass is 10.0. The standard InChI is InChI=1S/C10H22N2.C9H9N3.C2H6/c1-4-7-12(3)10-5-8-11(2)9-6-10;1-6-8-4-7(10)2-3-9(8)12-5-11-6;1-2/h10H,4-9H2,1-3H3;2-5H,10H2,1H3;1-2H3. The highest BCUT2D eigenvalue weighted by molar-refractivity contribution is 5.83. The largest absolute Gasteiger partial charge is 0.399 e. The quantitative estimate of drug-likeness (QED) is 0.840. The molecule has 26 heavy (non-hydrogen) atoms. The van der Waals surface area contributed by atoms with E-state index >= 15 is 0 Å². The van der Waals surface area contributed by atoms with Gasteiger partial charge in [-0.15, -0.1) is 0 Å². The maximum atomic E-state index is 5.64. The van der Waals surface area contributed by atoms with Crippen LogP contribution in [0.5, 0.6) is 0 Å². The summed E-state index contributed by atoms with van der Waals surface area (Å²) >= 11 is 0. The highest BCUT2D eigenvalue weighted by Crippen LogP contribution is 2.16. The van der Waals surface area contributed by atoms with Crippen molar-refractivity contribution in [2.45, 2.75) is 53.0 Å². The number of rotatable bonds is 3. The van der Waals surface area contributed by atoms with Gasteiger partial charge in [0.2, 0.25) is 0 Å². The molecule has 0 unspecified atom stereocenters. The molecule has 146 valence electrons. The molecule has 0 aliphatic carbocycles. The van der Waals surface area contributed by atoms with E-state index in [2.05, 4.69) is 40.8 Å². The fourth-order valence-electron chi connectivity index (χ4n) is 3.17. The topological polar surface area (TPSA) is 58.3 Å². The first-order valence-corrected chi connectivity index (χ1v) is 9.87. The predicted molar refractivity (Wildman–Crippen MR) is 113 cm³/mol. The normalized spacial score (nSPS) is 15.2. The van der Waals surface area contributed by atoms with E-state index < -0.39 is 0 Å². The van der Waals surface area contributed by atoms with Crippen LogP contribution in [0.3, 0.4) is 0 Å². The van der Waals surface area contributed by atoms with Crippen LogP contribution in [0.1, 0.15) is 45.7 Å². The number of fused-ring (bicyclic) bond motifs is 1. The maximum Gasteiger partial charge on any atom is 0.116 e. The number of aromatic nitrogens is 2. The molecular weight excluding hydrogens is 322 g/mol. The van der Waals surface area contributed by atoms with E-state index in [0.717, 1.165) is 28.3 Å². The van der Waals surface area contributed by atoms with Crippen molar-refractivity contribution in [2.24, 2.45) is 0 Å². The molecular formula is C21H37N5. The van der Waals surface area contributed by atoms with Crippen molar-refractivity contribution >= 4 is 16.6 Å². The number of hydrogen-bond acceptors (Lipinski definition) is 5. The Kier molecular flexibility index (Phi) is 10.1. The Morgan fingerprint density at radius 2 is 1.85 bits per heavy atom. The van der Waals surface area contributed by atoms with E-state index in [1.807, 2.05) is 39.0 Å². The average molecular weight is 360 g/mol. The number of hydrogen-bond donors (Lipinski definition) is 1. The summed E-state index contributed by atoms with van der Waals surface area (Å²) in [4.78, 5) is 13.1. The fourth-order valence-corrected chi connectivity index (χ4v) is 3.17. The molecule has 0 spiro atoms. The monoisotopic (exact) mass is 359 g/mol. The summed E-state index contributed by atoms with van der Waals surface area (Å²) in [5, 5.41) is 1.03. The summed E-state index contributed by atoms with van der Waals surface area (Å²) < 4.78 is 0. The Morgan fingerprint density at radius 3 is 2.46 bits per heavy atom. The molecule has 0 saturated carbocycles. The second-order valence-corrected chi connectivity index (χ2v) is 6.75. The van der Waals surface area contributed by atoms with Gasteiger partial charge < -0.3 is 15.5 Å². The molecule has 1 aromatic carbocycles. The minimum absolute atomic E-state index is 0.750. The summed E-state index contributed by atoms with van der Waals surface area (Å²) in [5.41, 5.74) is 8.29. The van der Waals surface area contributed by atoms with Crippen LogP contribution in [0.4, 0.5) is 5.69 Å². The van der Waals surface area contributed by atoms with Gasteiger partial charge in [0, 0.05) is 22.8 Å². The number of anilines is 1. The summed E-state index contributed by atoms with van der Waals surface area (Å²) in [7, 11) is 4.48. The van der Waals surface area contributed by atoms with Crippen molar-refractivity contribution in [1.82, 2.24) is 19.8 Å². The smallest absolute Gasteiger partial charge is 0.116 e. The Bertz CT molecular complexity index is 635. The third-order valence-corrected chi connectivity index (χ3v) is 4.75. The summed E-state index contributed by atoms with van der Waals surface area (Å²) in [5.74, 6) is 0. The molecule has 1 aliphatic rings. The van der Waals surface area contributed by atoms with Crippen LogP contribution in [0.25, 0.3) is 10.9 Å². The molecule has 1 aromatic heterocycles. The minimum Gasteiger partial charge on any atom is -0.399 e. The van der Waals surface area contributed by atoms with E-state index in [4.69, 9.17) is 5.73 Å². The molecule has 2 aromatic rings. The van der Waals surface area contributed by atoms with Crippen molar-refractivity contribution in [1.29, 1.82) is 0 Å². The Hall–Kier alpha value is -1.72. The first-order chi connectivity index (χ1) is 12.5. The molecule has 0 radical (unpaired) electrons. The van der Waals surface area contributed by atoms with E-state index in [1.54, 1.807) is 6.33 Å². The molecule has 3 rings (SSSR count). The lowest BCUT2D eigenvalue weighted by Crippen LogP contribution is -2.42. The second-order valence-electron chi connectivity index (χ2n) is 6.75. The molecule has 0 atom stereocenters. The van der Waals surface area contributed by atoms with Crippen LogP contribution in [-0.4, -0.2) is 59.5 Å². The molecule has 1 saturated heterocycles. The van der Waals surface area contributed by atoms with Gasteiger partial charge in [0.05, 0.1) is 5.52 Å². The fraction of sp³-hybridized carbons (Fsp3) is 0.619. The first-order valence-electron chi connectivity index (χ1n) is 9.87. The summed E-state index contributed by atoms with van der Waals surface area (Å²) in [6, 6.07) is 6.49. The number of likely N-dealkylation sites (tertiary alicyclic amines) is 1. The van der Waals surface area contributed by atoms with Crippen molar-refractivity contribution in [3.05, 3.63) is 30.2 Å². The van der Waals surface area contributed by atoms with Crippen molar-refractivity contribution in [3.63, 3.8) is 0 Å². The number of piperidine rings is 1. The first kappa shape index (κ1) is 22.3. The van der Waals surface area contributed by atoms with E-state index in [-0.39, 0.29) is 0 Å². The SMILES string of the molecule is CC.CCCN(C)C1CCN(C)CC1.Cc1ncnc2ccc(N)cc12. The third kappa shape index (κ3) is 6.89. The van der Waals surface area contributed by atoms with Crippen LogP contribution < -0.4 is 5.73 Å². The van der Waals surface area contributed by atoms with Gasteiger partial charge in [0.1, 0.15) is 6.33 Å². The van der Waals surface area contributed by atoms with Gasteiger partial charge in [0.25, 0.3) is 0 Å². The van der Waals surface area contributed by atoms with Gasteiger partial charge >= 0.3 is 0 Å². The Morgan fingerprint density at radius 1 is 1.19 bits per heavy atom. The van der Waals surface area contributed by atoms with Crippen LogP contribution in [0.2, 0.25) is 0 Å². The van der Waals surface area contributed by atoms with Crippen molar-refractivity contribution in [3.8, 4) is 0 Å². The van der Waals surface area contributed by atoms with Gasteiger partial charge in [-0.25, -0.2) is 9.97 Å². The van der Waals surface area contributed by atoms with Crippen molar-refractivity contribution < 1.29 is 0 Å². The number of benzene rings is 1. The van der Waals surface area contributed by atoms with Crippen LogP contribution in [0, 0.1) is 6.92 Å². The molecule has 0 amide bonds.